The van der Waals surface area contributed by atoms with E-state index in [1.54, 1.807) is 24.3 Å². The van der Waals surface area contributed by atoms with Crippen molar-refractivity contribution in [1.82, 2.24) is 19.4 Å². The molecule has 0 radical (unpaired) electrons. The number of aromatic nitrogens is 2. The zero-order valence-corrected chi connectivity index (χ0v) is 19.4. The maximum Gasteiger partial charge on any atom is 0.435 e. The third-order valence-corrected chi connectivity index (χ3v) is 6.07. The Morgan fingerprint density at radius 2 is 1.62 bits per heavy atom. The van der Waals surface area contributed by atoms with Gasteiger partial charge in [-0.25, -0.2) is 17.8 Å². The summed E-state index contributed by atoms with van der Waals surface area (Å²) in [5.74, 6) is 0. The van der Waals surface area contributed by atoms with Gasteiger partial charge in [0.15, 0.2) is 5.69 Å². The fourth-order valence-electron chi connectivity index (χ4n) is 2.90. The zero-order chi connectivity index (χ0) is 22.8. The van der Waals surface area contributed by atoms with E-state index in [0.29, 0.717) is 17.8 Å². The van der Waals surface area contributed by atoms with Crippen LogP contribution in [0.25, 0.3) is 16.9 Å². The predicted octanol–water partition coefficient (Wildman–Crippen LogP) is 4.13. The predicted molar refractivity (Wildman–Crippen MR) is 120 cm³/mol. The van der Waals surface area contributed by atoms with E-state index in [2.05, 4.69) is 9.82 Å². The van der Waals surface area contributed by atoms with Gasteiger partial charge in [0.25, 0.3) is 0 Å². The largest absolute Gasteiger partial charge is 0.435 e. The number of hydrogen-bond acceptors (Lipinski definition) is 4. The summed E-state index contributed by atoms with van der Waals surface area (Å²) < 4.78 is 68.4. The van der Waals surface area contributed by atoms with Gasteiger partial charge in [0.05, 0.1) is 16.3 Å². The molecule has 174 valence electrons. The first-order valence-corrected chi connectivity index (χ1v) is 10.9. The SMILES string of the molecule is Cc1ccc(-c2cc(C(F)(F)F)nn2-c2ccc(S(=O)(=O)NCCN(C)C)cc2)cc1.Cl. The Kier molecular flexibility index (Phi) is 8.11. The molecule has 3 aromatic rings. The van der Waals surface area contributed by atoms with Crippen LogP contribution in [0.2, 0.25) is 0 Å². The normalized spacial score (nSPS) is 12.1. The summed E-state index contributed by atoms with van der Waals surface area (Å²) in [5, 5.41) is 3.73. The van der Waals surface area contributed by atoms with Gasteiger partial charge in [-0.3, -0.25) is 0 Å². The van der Waals surface area contributed by atoms with Gasteiger partial charge < -0.3 is 4.90 Å². The molecule has 6 nitrogen and oxygen atoms in total. The van der Waals surface area contributed by atoms with Crippen LogP contribution in [0.15, 0.2) is 59.5 Å². The number of alkyl halides is 3. The molecule has 1 heterocycles. The molecule has 32 heavy (non-hydrogen) atoms. The van der Waals surface area contributed by atoms with E-state index in [1.165, 1.54) is 28.9 Å². The molecule has 0 bridgehead atoms. The maximum absolute atomic E-state index is 13.3. The molecule has 3 rings (SSSR count). The van der Waals surface area contributed by atoms with Gasteiger partial charge in [0.1, 0.15) is 0 Å². The van der Waals surface area contributed by atoms with Crippen molar-refractivity contribution in [2.24, 2.45) is 0 Å². The number of hydrogen-bond donors (Lipinski definition) is 1. The zero-order valence-electron chi connectivity index (χ0n) is 17.7. The van der Waals surface area contributed by atoms with Crippen molar-refractivity contribution in [1.29, 1.82) is 0 Å². The first kappa shape index (κ1) is 25.9. The number of rotatable bonds is 7. The molecule has 0 aliphatic carbocycles. The average molecular weight is 489 g/mol. The lowest BCUT2D eigenvalue weighted by atomic mass is 10.1. The second-order valence-electron chi connectivity index (χ2n) is 7.39. The van der Waals surface area contributed by atoms with Crippen LogP contribution in [-0.2, 0) is 16.2 Å². The van der Waals surface area contributed by atoms with Crippen molar-refractivity contribution in [3.8, 4) is 16.9 Å². The fourth-order valence-corrected chi connectivity index (χ4v) is 3.92. The summed E-state index contributed by atoms with van der Waals surface area (Å²) in [7, 11) is -0.0715. The highest BCUT2D eigenvalue weighted by Crippen LogP contribution is 2.33. The molecule has 0 saturated carbocycles. The first-order valence-electron chi connectivity index (χ1n) is 9.46. The second-order valence-corrected chi connectivity index (χ2v) is 9.15. The molecular formula is C21H24ClF3N4O2S. The van der Waals surface area contributed by atoms with Crippen LogP contribution >= 0.6 is 12.4 Å². The first-order chi connectivity index (χ1) is 14.5. The Bertz CT molecular complexity index is 1140. The molecule has 1 N–H and O–H groups in total. The molecule has 0 spiro atoms. The number of nitrogens with zero attached hydrogens (tertiary/aromatic N) is 3. The Hall–Kier alpha value is -2.40. The van der Waals surface area contributed by atoms with Gasteiger partial charge in [-0.1, -0.05) is 29.8 Å². The number of nitrogens with one attached hydrogen (secondary N) is 1. The summed E-state index contributed by atoms with van der Waals surface area (Å²) in [5.41, 5.74) is 1.09. The standard InChI is InChI=1S/C21H23F3N4O2S.ClH/c1-15-4-6-16(7-5-15)19-14-20(21(22,23)24)26-28(19)17-8-10-18(11-9-17)31(29,30)25-12-13-27(2)3;/h4-11,14,25H,12-13H2,1-3H3;1H. The Morgan fingerprint density at radius 1 is 1.03 bits per heavy atom. The summed E-state index contributed by atoms with van der Waals surface area (Å²) in [6.45, 7) is 2.65. The summed E-state index contributed by atoms with van der Waals surface area (Å²) in [6.07, 6.45) is -4.61. The van der Waals surface area contributed by atoms with Gasteiger partial charge in [-0.15, -0.1) is 12.4 Å². The number of aryl methyl sites for hydroxylation is 1. The number of halogens is 4. The van der Waals surface area contributed by atoms with Crippen LogP contribution in [0.5, 0.6) is 0 Å². The van der Waals surface area contributed by atoms with Gasteiger partial charge in [-0.2, -0.15) is 18.3 Å². The molecule has 0 aliphatic rings. The van der Waals surface area contributed by atoms with E-state index in [-0.39, 0.29) is 29.5 Å². The number of likely N-dealkylation sites (N-methyl/N-ethyl adjacent to an activating group) is 1. The highest BCUT2D eigenvalue weighted by atomic mass is 35.5. The van der Waals surface area contributed by atoms with E-state index >= 15 is 0 Å². The van der Waals surface area contributed by atoms with Crippen LogP contribution < -0.4 is 4.72 Å². The molecular weight excluding hydrogens is 465 g/mol. The second kappa shape index (κ2) is 10.0. The molecule has 0 saturated heterocycles. The lowest BCUT2D eigenvalue weighted by molar-refractivity contribution is -0.141. The molecule has 2 aromatic carbocycles. The summed E-state index contributed by atoms with van der Waals surface area (Å²) in [6, 6.07) is 13.6. The molecule has 0 atom stereocenters. The lowest BCUT2D eigenvalue weighted by Gasteiger charge is -2.12. The van der Waals surface area contributed by atoms with Crippen molar-refractivity contribution in [2.75, 3.05) is 27.2 Å². The van der Waals surface area contributed by atoms with Crippen molar-refractivity contribution in [3.63, 3.8) is 0 Å². The van der Waals surface area contributed by atoms with Crippen molar-refractivity contribution in [3.05, 3.63) is 65.9 Å². The summed E-state index contributed by atoms with van der Waals surface area (Å²) >= 11 is 0. The monoisotopic (exact) mass is 488 g/mol. The van der Waals surface area contributed by atoms with Crippen LogP contribution in [0.3, 0.4) is 0 Å². The molecule has 0 unspecified atom stereocenters. The fraction of sp³-hybridized carbons (Fsp3) is 0.286. The van der Waals surface area contributed by atoms with Crippen LogP contribution in [0, 0.1) is 6.92 Å². The third kappa shape index (κ3) is 6.10. The van der Waals surface area contributed by atoms with Gasteiger partial charge in [0, 0.05) is 18.7 Å². The van der Waals surface area contributed by atoms with Crippen molar-refractivity contribution in [2.45, 2.75) is 18.0 Å². The van der Waals surface area contributed by atoms with E-state index in [9.17, 15) is 21.6 Å². The van der Waals surface area contributed by atoms with Crippen molar-refractivity contribution >= 4 is 22.4 Å². The minimum Gasteiger partial charge on any atom is -0.308 e. The van der Waals surface area contributed by atoms with E-state index in [1.807, 2.05) is 25.9 Å². The lowest BCUT2D eigenvalue weighted by Crippen LogP contribution is -2.31. The average Bonchev–Trinajstić information content (AvgIpc) is 3.14. The molecule has 0 aliphatic heterocycles. The van der Waals surface area contributed by atoms with Crippen LogP contribution in [0.4, 0.5) is 13.2 Å². The Labute approximate surface area is 191 Å². The van der Waals surface area contributed by atoms with Gasteiger partial charge >= 0.3 is 6.18 Å². The van der Waals surface area contributed by atoms with Gasteiger partial charge in [0.2, 0.25) is 10.0 Å². The maximum atomic E-state index is 13.3. The molecule has 0 fully saturated rings. The Balaban J connectivity index is 0.00000363. The number of benzene rings is 2. The molecule has 0 amide bonds. The van der Waals surface area contributed by atoms with Crippen molar-refractivity contribution < 1.29 is 21.6 Å². The topological polar surface area (TPSA) is 67.2 Å². The minimum atomic E-state index is -4.61. The van der Waals surface area contributed by atoms with Gasteiger partial charge in [-0.05, 0) is 51.4 Å². The number of sulfonamides is 1. The van der Waals surface area contributed by atoms with Crippen LogP contribution in [-0.4, -0.2) is 50.3 Å². The summed E-state index contributed by atoms with van der Waals surface area (Å²) in [4.78, 5) is 1.86. The highest BCUT2D eigenvalue weighted by molar-refractivity contribution is 7.89. The van der Waals surface area contributed by atoms with E-state index in [4.69, 9.17) is 0 Å². The quantitative estimate of drug-likeness (QED) is 0.543. The van der Waals surface area contributed by atoms with Crippen LogP contribution in [0.1, 0.15) is 11.3 Å². The minimum absolute atomic E-state index is 0. The Morgan fingerprint density at radius 3 is 2.16 bits per heavy atom. The van der Waals surface area contributed by atoms with E-state index < -0.39 is 21.9 Å². The highest BCUT2D eigenvalue weighted by Gasteiger charge is 2.35. The smallest absolute Gasteiger partial charge is 0.308 e. The van der Waals surface area contributed by atoms with E-state index in [0.717, 1.165) is 11.6 Å². The molecule has 1 aromatic heterocycles. The molecule has 11 heteroatoms. The third-order valence-electron chi connectivity index (χ3n) is 4.59.